The van der Waals surface area contributed by atoms with Gasteiger partial charge in [-0.05, 0) is 24.3 Å². The second kappa shape index (κ2) is 5.74. The number of hydrogen-bond acceptors (Lipinski definition) is 4. The van der Waals surface area contributed by atoms with Crippen LogP contribution in [-0.2, 0) is 0 Å². The van der Waals surface area contributed by atoms with Gasteiger partial charge in [0.2, 0.25) is 0 Å². The Bertz CT molecular complexity index is 599. The maximum absolute atomic E-state index is 12.0. The van der Waals surface area contributed by atoms with Gasteiger partial charge in [-0.25, -0.2) is 5.84 Å². The van der Waals surface area contributed by atoms with Gasteiger partial charge in [0.05, 0.1) is 16.8 Å². The highest BCUT2D eigenvalue weighted by atomic mass is 16.2. The highest BCUT2D eigenvalue weighted by molar-refractivity contribution is 6.08. The van der Waals surface area contributed by atoms with Crippen LogP contribution in [0.4, 0.5) is 5.69 Å². The van der Waals surface area contributed by atoms with E-state index in [0.29, 0.717) is 16.8 Å². The molecule has 0 spiro atoms. The van der Waals surface area contributed by atoms with E-state index in [9.17, 15) is 9.59 Å². The average Bonchev–Trinajstić information content (AvgIpc) is 2.48. The Morgan fingerprint density at radius 3 is 2.53 bits per heavy atom. The fraction of sp³-hybridized carbons (Fsp3) is 0. The maximum atomic E-state index is 12.0. The summed E-state index contributed by atoms with van der Waals surface area (Å²) in [4.78, 5) is 27.4. The van der Waals surface area contributed by atoms with Gasteiger partial charge in [0, 0.05) is 12.4 Å². The predicted octanol–water partition coefficient (Wildman–Crippen LogP) is 0.937. The van der Waals surface area contributed by atoms with Gasteiger partial charge in [-0.1, -0.05) is 12.1 Å². The molecule has 1 aromatic heterocycles. The van der Waals surface area contributed by atoms with Gasteiger partial charge in [0.15, 0.2) is 0 Å². The van der Waals surface area contributed by atoms with E-state index in [1.54, 1.807) is 42.6 Å². The molecule has 0 fully saturated rings. The van der Waals surface area contributed by atoms with E-state index in [1.165, 1.54) is 6.20 Å². The molecule has 1 heterocycles. The number of hydrogen-bond donors (Lipinski definition) is 3. The van der Waals surface area contributed by atoms with Crippen LogP contribution in [0, 0.1) is 0 Å². The van der Waals surface area contributed by atoms with Gasteiger partial charge in [-0.15, -0.1) is 0 Å². The Morgan fingerprint density at radius 2 is 1.84 bits per heavy atom. The topological polar surface area (TPSA) is 97.1 Å². The Labute approximate surface area is 109 Å². The average molecular weight is 256 g/mol. The molecule has 0 unspecified atom stereocenters. The lowest BCUT2D eigenvalue weighted by Gasteiger charge is -2.09. The van der Waals surface area contributed by atoms with Crippen molar-refractivity contribution in [3.63, 3.8) is 0 Å². The zero-order valence-corrected chi connectivity index (χ0v) is 9.96. The van der Waals surface area contributed by atoms with E-state index < -0.39 is 5.91 Å². The van der Waals surface area contributed by atoms with Crippen molar-refractivity contribution in [1.82, 2.24) is 10.4 Å². The van der Waals surface area contributed by atoms with E-state index in [4.69, 9.17) is 5.84 Å². The molecule has 0 saturated heterocycles. The minimum absolute atomic E-state index is 0.294. The second-order valence-corrected chi connectivity index (χ2v) is 3.71. The molecule has 0 saturated carbocycles. The summed E-state index contributed by atoms with van der Waals surface area (Å²) in [7, 11) is 0. The third-order valence-electron chi connectivity index (χ3n) is 2.47. The summed E-state index contributed by atoms with van der Waals surface area (Å²) in [5, 5.41) is 2.65. The van der Waals surface area contributed by atoms with Crippen molar-refractivity contribution in [1.29, 1.82) is 0 Å². The fourth-order valence-corrected chi connectivity index (χ4v) is 1.56. The number of anilines is 1. The lowest BCUT2D eigenvalue weighted by molar-refractivity contribution is 0.0954. The standard InChI is InChI=1S/C13H12N4O2/c14-17-13(19)10-5-1-2-6-11(10)16-12(18)9-4-3-7-15-8-9/h1-8H,14H2,(H,16,18)(H,17,19). The van der Waals surface area contributed by atoms with E-state index in [2.05, 4.69) is 10.3 Å². The molecule has 19 heavy (non-hydrogen) atoms. The van der Waals surface area contributed by atoms with E-state index in [1.807, 2.05) is 5.43 Å². The largest absolute Gasteiger partial charge is 0.321 e. The maximum Gasteiger partial charge on any atom is 0.267 e. The van der Waals surface area contributed by atoms with Crippen molar-refractivity contribution in [2.45, 2.75) is 0 Å². The van der Waals surface area contributed by atoms with E-state index in [0.717, 1.165) is 0 Å². The van der Waals surface area contributed by atoms with Crippen LogP contribution in [0.25, 0.3) is 0 Å². The summed E-state index contributed by atoms with van der Waals surface area (Å²) in [5.74, 6) is 4.28. The number of carbonyl (C=O) groups is 2. The minimum Gasteiger partial charge on any atom is -0.321 e. The van der Waals surface area contributed by atoms with Crippen molar-refractivity contribution in [2.75, 3.05) is 5.32 Å². The number of amides is 2. The van der Waals surface area contributed by atoms with Gasteiger partial charge in [0.25, 0.3) is 11.8 Å². The van der Waals surface area contributed by atoms with Gasteiger partial charge in [-0.2, -0.15) is 0 Å². The molecule has 1 aromatic carbocycles. The van der Waals surface area contributed by atoms with E-state index in [-0.39, 0.29) is 5.91 Å². The Kier molecular flexibility index (Phi) is 3.84. The number of nitrogens with zero attached hydrogens (tertiary/aromatic N) is 1. The monoisotopic (exact) mass is 256 g/mol. The first-order valence-electron chi connectivity index (χ1n) is 5.53. The normalized spacial score (nSPS) is 9.74. The zero-order valence-electron chi connectivity index (χ0n) is 9.96. The third-order valence-corrected chi connectivity index (χ3v) is 2.47. The lowest BCUT2D eigenvalue weighted by Crippen LogP contribution is -2.31. The number of aromatic nitrogens is 1. The number of hydrazine groups is 1. The van der Waals surface area contributed by atoms with Crippen LogP contribution in [0.15, 0.2) is 48.8 Å². The van der Waals surface area contributed by atoms with Crippen LogP contribution >= 0.6 is 0 Å². The smallest absolute Gasteiger partial charge is 0.267 e. The van der Waals surface area contributed by atoms with Gasteiger partial charge < -0.3 is 5.32 Å². The molecule has 0 aliphatic carbocycles. The summed E-state index contributed by atoms with van der Waals surface area (Å²) >= 11 is 0. The second-order valence-electron chi connectivity index (χ2n) is 3.71. The molecule has 6 nitrogen and oxygen atoms in total. The molecule has 96 valence electrons. The lowest BCUT2D eigenvalue weighted by atomic mass is 10.1. The first kappa shape index (κ1) is 12.7. The molecular formula is C13H12N4O2. The molecule has 4 N–H and O–H groups in total. The quantitative estimate of drug-likeness (QED) is 0.432. The summed E-state index contributed by atoms with van der Waals surface area (Å²) in [6.45, 7) is 0. The van der Waals surface area contributed by atoms with Crippen LogP contribution in [0.1, 0.15) is 20.7 Å². The summed E-state index contributed by atoms with van der Waals surface area (Å²) in [5.41, 5.74) is 3.12. The number of pyridine rings is 1. The Balaban J connectivity index is 2.25. The number of carbonyl (C=O) groups excluding carboxylic acids is 2. The number of rotatable bonds is 3. The van der Waals surface area contributed by atoms with Crippen LogP contribution in [0.5, 0.6) is 0 Å². The van der Waals surface area contributed by atoms with Gasteiger partial charge in [-0.3, -0.25) is 20.0 Å². The van der Waals surface area contributed by atoms with Crippen molar-refractivity contribution in [3.05, 3.63) is 59.9 Å². The van der Waals surface area contributed by atoms with Crippen LogP contribution in [-0.4, -0.2) is 16.8 Å². The van der Waals surface area contributed by atoms with E-state index >= 15 is 0 Å². The summed E-state index contributed by atoms with van der Waals surface area (Å²) < 4.78 is 0. The predicted molar refractivity (Wildman–Crippen MR) is 70.3 cm³/mol. The number of nitrogens with two attached hydrogens (primary N) is 1. The number of para-hydroxylation sites is 1. The Hall–Kier alpha value is -2.73. The molecule has 0 aliphatic rings. The van der Waals surface area contributed by atoms with Gasteiger partial charge in [0.1, 0.15) is 0 Å². The molecule has 2 rings (SSSR count). The highest BCUT2D eigenvalue weighted by Crippen LogP contribution is 2.15. The highest BCUT2D eigenvalue weighted by Gasteiger charge is 2.12. The molecule has 6 heteroatoms. The number of nitrogens with one attached hydrogen (secondary N) is 2. The Morgan fingerprint density at radius 1 is 1.05 bits per heavy atom. The first-order valence-corrected chi connectivity index (χ1v) is 5.53. The molecule has 0 atom stereocenters. The van der Waals surface area contributed by atoms with Crippen LogP contribution < -0.4 is 16.6 Å². The molecule has 0 aliphatic heterocycles. The number of benzene rings is 1. The van der Waals surface area contributed by atoms with Crippen molar-refractivity contribution >= 4 is 17.5 Å². The molecule has 2 amide bonds. The molecular weight excluding hydrogens is 244 g/mol. The molecule has 2 aromatic rings. The fourth-order valence-electron chi connectivity index (χ4n) is 1.56. The number of nitrogen functional groups attached to an aromatic ring is 1. The third kappa shape index (κ3) is 2.93. The van der Waals surface area contributed by atoms with Crippen molar-refractivity contribution < 1.29 is 9.59 Å². The summed E-state index contributed by atoms with van der Waals surface area (Å²) in [6, 6.07) is 9.89. The van der Waals surface area contributed by atoms with Crippen molar-refractivity contribution in [2.24, 2.45) is 5.84 Å². The zero-order chi connectivity index (χ0) is 13.7. The molecule has 0 bridgehead atoms. The SMILES string of the molecule is NNC(=O)c1ccccc1NC(=O)c1cccnc1. The van der Waals surface area contributed by atoms with Crippen LogP contribution in [0.3, 0.4) is 0 Å². The summed E-state index contributed by atoms with van der Waals surface area (Å²) in [6.07, 6.45) is 3.02. The minimum atomic E-state index is -0.470. The van der Waals surface area contributed by atoms with Gasteiger partial charge >= 0.3 is 0 Å². The van der Waals surface area contributed by atoms with Crippen molar-refractivity contribution in [3.8, 4) is 0 Å². The first-order chi connectivity index (χ1) is 9.22. The van der Waals surface area contributed by atoms with Crippen LogP contribution in [0.2, 0.25) is 0 Å². The molecule has 0 radical (unpaired) electrons.